The molecule has 0 aromatic rings. The first kappa shape index (κ1) is 17.0. The minimum absolute atomic E-state index is 0.0914. The molecule has 1 atom stereocenters. The van der Waals surface area contributed by atoms with Crippen molar-refractivity contribution in [2.75, 3.05) is 13.2 Å². The fourth-order valence-corrected chi connectivity index (χ4v) is 2.77. The maximum Gasteiger partial charge on any atom is 0.320 e. The molecule has 0 spiro atoms. The fourth-order valence-electron chi connectivity index (χ4n) is 2.77. The lowest BCUT2D eigenvalue weighted by Crippen LogP contribution is -2.32. The zero-order valence-electron chi connectivity index (χ0n) is 12.5. The number of esters is 2. The highest BCUT2D eigenvalue weighted by Crippen LogP contribution is 2.30. The lowest BCUT2D eigenvalue weighted by molar-refractivity contribution is -0.163. The standard InChI is InChI=1S/C15H26O5/c1-3-19-14(17)13(15(18)20-4-2)10-12(16)9-11-7-5-6-8-11/h11-13,16H,3-10H2,1-2H3. The van der Waals surface area contributed by atoms with Crippen LogP contribution in [0.15, 0.2) is 0 Å². The van der Waals surface area contributed by atoms with Gasteiger partial charge in [0.15, 0.2) is 5.92 Å². The SMILES string of the molecule is CCOC(=O)C(CC(O)CC1CCCC1)C(=O)OCC. The number of hydrogen-bond acceptors (Lipinski definition) is 5. The Labute approximate surface area is 120 Å². The third-order valence-corrected chi connectivity index (χ3v) is 3.73. The Bertz CT molecular complexity index is 291. The second-order valence-electron chi connectivity index (χ2n) is 5.33. The molecule has 0 heterocycles. The first-order chi connectivity index (χ1) is 9.58. The molecule has 1 N–H and O–H groups in total. The third kappa shape index (κ3) is 5.49. The largest absolute Gasteiger partial charge is 0.465 e. The molecular weight excluding hydrogens is 260 g/mol. The van der Waals surface area contributed by atoms with E-state index >= 15 is 0 Å². The summed E-state index contributed by atoms with van der Waals surface area (Å²) in [5.41, 5.74) is 0. The van der Waals surface area contributed by atoms with Crippen molar-refractivity contribution >= 4 is 11.9 Å². The van der Waals surface area contributed by atoms with Gasteiger partial charge in [-0.2, -0.15) is 0 Å². The highest BCUT2D eigenvalue weighted by molar-refractivity contribution is 5.94. The summed E-state index contributed by atoms with van der Waals surface area (Å²) in [6.07, 6.45) is 4.74. The van der Waals surface area contributed by atoms with Gasteiger partial charge in [-0.05, 0) is 32.6 Å². The maximum absolute atomic E-state index is 11.8. The topological polar surface area (TPSA) is 72.8 Å². The number of carbonyl (C=O) groups excluding carboxylic acids is 2. The van der Waals surface area contributed by atoms with Crippen molar-refractivity contribution in [2.45, 2.75) is 58.5 Å². The number of carbonyl (C=O) groups is 2. The lowest BCUT2D eigenvalue weighted by Gasteiger charge is -2.20. The highest BCUT2D eigenvalue weighted by atomic mass is 16.6. The molecule has 20 heavy (non-hydrogen) atoms. The smallest absolute Gasteiger partial charge is 0.320 e. The van der Waals surface area contributed by atoms with Crippen LogP contribution in [0, 0.1) is 11.8 Å². The molecule has 0 aromatic heterocycles. The van der Waals surface area contributed by atoms with Gasteiger partial charge in [-0.3, -0.25) is 9.59 Å². The van der Waals surface area contributed by atoms with E-state index in [0.717, 1.165) is 12.8 Å². The minimum Gasteiger partial charge on any atom is -0.465 e. The van der Waals surface area contributed by atoms with Crippen LogP contribution in [-0.2, 0) is 19.1 Å². The molecule has 5 heteroatoms. The predicted octanol–water partition coefficient (Wildman–Crippen LogP) is 2.06. The summed E-state index contributed by atoms with van der Waals surface area (Å²) in [4.78, 5) is 23.6. The minimum atomic E-state index is -1.01. The second-order valence-corrected chi connectivity index (χ2v) is 5.33. The van der Waals surface area contributed by atoms with Gasteiger partial charge in [-0.1, -0.05) is 25.7 Å². The number of ether oxygens (including phenoxy) is 2. The lowest BCUT2D eigenvalue weighted by atomic mass is 9.93. The van der Waals surface area contributed by atoms with Crippen LogP contribution in [0.4, 0.5) is 0 Å². The molecule has 1 aliphatic rings. The van der Waals surface area contributed by atoms with Crippen LogP contribution in [0.5, 0.6) is 0 Å². The van der Waals surface area contributed by atoms with Gasteiger partial charge in [0.25, 0.3) is 0 Å². The van der Waals surface area contributed by atoms with E-state index in [1.54, 1.807) is 13.8 Å². The monoisotopic (exact) mass is 286 g/mol. The van der Waals surface area contributed by atoms with Gasteiger partial charge >= 0.3 is 11.9 Å². The van der Waals surface area contributed by atoms with Gasteiger partial charge in [-0.25, -0.2) is 0 Å². The van der Waals surface area contributed by atoms with Crippen molar-refractivity contribution in [1.29, 1.82) is 0 Å². The van der Waals surface area contributed by atoms with E-state index in [0.29, 0.717) is 12.3 Å². The molecule has 1 saturated carbocycles. The van der Waals surface area contributed by atoms with E-state index in [-0.39, 0.29) is 19.6 Å². The molecule has 0 radical (unpaired) electrons. The molecular formula is C15H26O5. The molecule has 0 bridgehead atoms. The van der Waals surface area contributed by atoms with E-state index in [1.807, 2.05) is 0 Å². The molecule has 0 amide bonds. The molecule has 116 valence electrons. The summed E-state index contributed by atoms with van der Waals surface area (Å²) in [6.45, 7) is 3.81. The summed E-state index contributed by atoms with van der Waals surface area (Å²) in [5, 5.41) is 10.1. The van der Waals surface area contributed by atoms with E-state index in [4.69, 9.17) is 9.47 Å². The van der Waals surface area contributed by atoms with Crippen LogP contribution in [0.1, 0.15) is 52.4 Å². The summed E-state index contributed by atoms with van der Waals surface area (Å²) >= 11 is 0. The van der Waals surface area contributed by atoms with Crippen LogP contribution in [0.25, 0.3) is 0 Å². The van der Waals surface area contributed by atoms with E-state index in [9.17, 15) is 14.7 Å². The Kier molecular flexibility index (Phi) is 7.59. The Balaban J connectivity index is 2.53. The zero-order valence-corrected chi connectivity index (χ0v) is 12.5. The molecule has 0 saturated heterocycles. The molecule has 1 fully saturated rings. The average molecular weight is 286 g/mol. The van der Waals surface area contributed by atoms with Gasteiger partial charge in [0.05, 0.1) is 19.3 Å². The van der Waals surface area contributed by atoms with Gasteiger partial charge < -0.3 is 14.6 Å². The zero-order chi connectivity index (χ0) is 15.0. The average Bonchev–Trinajstić information content (AvgIpc) is 2.89. The Morgan fingerprint density at radius 1 is 1.10 bits per heavy atom. The summed E-state index contributed by atoms with van der Waals surface area (Å²) in [7, 11) is 0. The van der Waals surface area contributed by atoms with Crippen LogP contribution >= 0.6 is 0 Å². The number of aliphatic hydroxyl groups is 1. The third-order valence-electron chi connectivity index (χ3n) is 3.73. The predicted molar refractivity (Wildman–Crippen MR) is 74.0 cm³/mol. The summed E-state index contributed by atoms with van der Waals surface area (Å²) in [5.74, 6) is -1.70. The van der Waals surface area contributed by atoms with E-state index in [2.05, 4.69) is 0 Å². The Hall–Kier alpha value is -1.10. The maximum atomic E-state index is 11.8. The van der Waals surface area contributed by atoms with Gasteiger partial charge in [-0.15, -0.1) is 0 Å². The first-order valence-corrected chi connectivity index (χ1v) is 7.59. The number of aliphatic hydroxyl groups excluding tert-OH is 1. The van der Waals surface area contributed by atoms with Crippen molar-refractivity contribution in [3.63, 3.8) is 0 Å². The van der Waals surface area contributed by atoms with Gasteiger partial charge in [0.2, 0.25) is 0 Å². The molecule has 1 unspecified atom stereocenters. The molecule has 1 rings (SSSR count). The molecule has 1 aliphatic carbocycles. The van der Waals surface area contributed by atoms with Crippen LogP contribution in [-0.4, -0.2) is 36.4 Å². The van der Waals surface area contributed by atoms with Crippen molar-refractivity contribution in [3.8, 4) is 0 Å². The van der Waals surface area contributed by atoms with Gasteiger partial charge in [0, 0.05) is 0 Å². The fraction of sp³-hybridized carbons (Fsp3) is 0.867. The normalized spacial score (nSPS) is 17.2. The van der Waals surface area contributed by atoms with E-state index < -0.39 is 24.0 Å². The van der Waals surface area contributed by atoms with Crippen LogP contribution in [0.2, 0.25) is 0 Å². The Morgan fingerprint density at radius 3 is 2.05 bits per heavy atom. The quantitative estimate of drug-likeness (QED) is 0.546. The van der Waals surface area contributed by atoms with Crippen molar-refractivity contribution in [1.82, 2.24) is 0 Å². The molecule has 0 aliphatic heterocycles. The molecule has 5 nitrogen and oxygen atoms in total. The van der Waals surface area contributed by atoms with Crippen molar-refractivity contribution < 1.29 is 24.2 Å². The van der Waals surface area contributed by atoms with E-state index in [1.165, 1.54) is 12.8 Å². The summed E-state index contributed by atoms with van der Waals surface area (Å²) < 4.78 is 9.78. The van der Waals surface area contributed by atoms with Crippen molar-refractivity contribution in [3.05, 3.63) is 0 Å². The molecule has 0 aromatic carbocycles. The highest BCUT2D eigenvalue weighted by Gasteiger charge is 2.32. The number of hydrogen-bond donors (Lipinski definition) is 1. The number of rotatable bonds is 8. The Morgan fingerprint density at radius 2 is 1.60 bits per heavy atom. The second kappa shape index (κ2) is 8.95. The summed E-state index contributed by atoms with van der Waals surface area (Å²) in [6, 6.07) is 0. The van der Waals surface area contributed by atoms with Crippen LogP contribution < -0.4 is 0 Å². The van der Waals surface area contributed by atoms with Crippen LogP contribution in [0.3, 0.4) is 0 Å². The van der Waals surface area contributed by atoms with Crippen molar-refractivity contribution in [2.24, 2.45) is 11.8 Å². The van der Waals surface area contributed by atoms with Gasteiger partial charge in [0.1, 0.15) is 0 Å². The first-order valence-electron chi connectivity index (χ1n) is 7.59.